The van der Waals surface area contributed by atoms with E-state index in [0.29, 0.717) is 11.6 Å². The molecule has 0 spiro atoms. The number of esters is 1. The quantitative estimate of drug-likeness (QED) is 0.464. The summed E-state index contributed by atoms with van der Waals surface area (Å²) in [5.74, 6) is 0.959. The molecule has 0 aromatic rings. The van der Waals surface area contributed by atoms with Crippen molar-refractivity contribution in [2.75, 3.05) is 5.88 Å². The highest BCUT2D eigenvalue weighted by atomic mass is 35.5. The van der Waals surface area contributed by atoms with E-state index in [1.54, 1.807) is 0 Å². The van der Waals surface area contributed by atoms with Crippen LogP contribution in [0.5, 0.6) is 0 Å². The lowest BCUT2D eigenvalue weighted by Crippen LogP contribution is -2.31. The van der Waals surface area contributed by atoms with Gasteiger partial charge in [0.05, 0.1) is 0 Å². The zero-order chi connectivity index (χ0) is 7.56. The maximum Gasteiger partial charge on any atom is 0.321 e. The molecule has 0 bridgehead atoms. The molecule has 1 heterocycles. The van der Waals surface area contributed by atoms with E-state index in [0.717, 1.165) is 12.8 Å². The van der Waals surface area contributed by atoms with Crippen molar-refractivity contribution in [3.63, 3.8) is 0 Å². The minimum Gasteiger partial charge on any atom is -0.430 e. The highest BCUT2D eigenvalue weighted by molar-refractivity contribution is 6.17. The van der Waals surface area contributed by atoms with Crippen LogP contribution in [0.25, 0.3) is 0 Å². The Balaban J connectivity index is 2.27. The molecule has 0 saturated carbocycles. The van der Waals surface area contributed by atoms with Gasteiger partial charge in [-0.3, -0.25) is 4.79 Å². The lowest BCUT2D eigenvalue weighted by atomic mass is 9.98. The van der Waals surface area contributed by atoms with E-state index in [1.807, 2.05) is 0 Å². The van der Waals surface area contributed by atoms with Crippen molar-refractivity contribution in [3.05, 3.63) is 12.3 Å². The summed E-state index contributed by atoms with van der Waals surface area (Å²) in [4.78, 5) is 10.6. The fraction of sp³-hybridized carbons (Fsp3) is 0.571. The SMILES string of the molecule is C=C1OC(=O)C1CCCCl. The van der Waals surface area contributed by atoms with Crippen LogP contribution in [0.15, 0.2) is 12.3 Å². The first-order valence-corrected chi connectivity index (χ1v) is 3.75. The van der Waals surface area contributed by atoms with Crippen LogP contribution in [0.2, 0.25) is 0 Å². The molecule has 1 aliphatic heterocycles. The molecule has 1 aliphatic rings. The smallest absolute Gasteiger partial charge is 0.321 e. The zero-order valence-corrected chi connectivity index (χ0v) is 6.36. The molecule has 0 radical (unpaired) electrons. The minimum atomic E-state index is -0.157. The number of hydrogen-bond donors (Lipinski definition) is 0. The van der Waals surface area contributed by atoms with Crippen LogP contribution in [0.4, 0.5) is 0 Å². The average Bonchev–Trinajstić information content (AvgIpc) is 1.89. The van der Waals surface area contributed by atoms with E-state index in [1.165, 1.54) is 0 Å². The molecule has 1 unspecified atom stereocenters. The maximum atomic E-state index is 10.6. The molecule has 0 aliphatic carbocycles. The monoisotopic (exact) mass is 160 g/mol. The molecule has 1 atom stereocenters. The summed E-state index contributed by atoms with van der Waals surface area (Å²) >= 11 is 5.44. The highest BCUT2D eigenvalue weighted by Crippen LogP contribution is 2.28. The Morgan fingerprint density at radius 2 is 2.40 bits per heavy atom. The van der Waals surface area contributed by atoms with E-state index in [4.69, 9.17) is 11.6 Å². The van der Waals surface area contributed by atoms with Gasteiger partial charge >= 0.3 is 5.97 Å². The molecular weight excluding hydrogens is 152 g/mol. The van der Waals surface area contributed by atoms with Crippen LogP contribution >= 0.6 is 11.6 Å². The Bertz CT molecular complexity index is 151. The average molecular weight is 161 g/mol. The van der Waals surface area contributed by atoms with Crippen LogP contribution < -0.4 is 0 Å². The second kappa shape index (κ2) is 3.06. The normalized spacial score (nSPS) is 23.9. The third-order valence-corrected chi connectivity index (χ3v) is 1.80. The largest absolute Gasteiger partial charge is 0.430 e. The summed E-state index contributed by atoms with van der Waals surface area (Å²) in [6.45, 7) is 3.56. The Hall–Kier alpha value is -0.500. The number of rotatable bonds is 3. The standard InChI is InChI=1S/C7H9ClO2/c1-5-6(3-2-4-8)7(9)10-5/h6H,1-4H2. The molecule has 0 aromatic heterocycles. The molecule has 2 nitrogen and oxygen atoms in total. The van der Waals surface area contributed by atoms with Gasteiger partial charge in [0, 0.05) is 5.88 Å². The lowest BCUT2D eigenvalue weighted by molar-refractivity contribution is -0.157. The summed E-state index contributed by atoms with van der Waals surface area (Å²) in [5.41, 5.74) is 0. The second-order valence-corrected chi connectivity index (χ2v) is 2.65. The molecular formula is C7H9ClO2. The molecule has 10 heavy (non-hydrogen) atoms. The van der Waals surface area contributed by atoms with Gasteiger partial charge in [-0.1, -0.05) is 6.58 Å². The van der Waals surface area contributed by atoms with Crippen molar-refractivity contribution >= 4 is 17.6 Å². The molecule has 0 N–H and O–H groups in total. The summed E-state index contributed by atoms with van der Waals surface area (Å²) in [6, 6.07) is 0. The van der Waals surface area contributed by atoms with Crippen molar-refractivity contribution in [3.8, 4) is 0 Å². The van der Waals surface area contributed by atoms with Crippen LogP contribution in [0.3, 0.4) is 0 Å². The number of carbonyl (C=O) groups is 1. The molecule has 0 aromatic carbocycles. The molecule has 56 valence electrons. The molecule has 1 fully saturated rings. The fourth-order valence-corrected chi connectivity index (χ4v) is 1.06. The summed E-state index contributed by atoms with van der Waals surface area (Å²) in [5, 5.41) is 0. The first-order valence-electron chi connectivity index (χ1n) is 3.22. The van der Waals surface area contributed by atoms with Gasteiger partial charge in [0.1, 0.15) is 11.7 Å². The summed E-state index contributed by atoms with van der Waals surface area (Å²) < 4.78 is 4.57. The van der Waals surface area contributed by atoms with E-state index >= 15 is 0 Å². The van der Waals surface area contributed by atoms with Crippen molar-refractivity contribution < 1.29 is 9.53 Å². The lowest BCUT2D eigenvalue weighted by Gasteiger charge is -2.26. The third-order valence-electron chi connectivity index (χ3n) is 1.53. The van der Waals surface area contributed by atoms with Crippen LogP contribution in [-0.2, 0) is 9.53 Å². The number of ether oxygens (including phenoxy) is 1. The van der Waals surface area contributed by atoms with E-state index in [2.05, 4.69) is 11.3 Å². The Labute approximate surface area is 64.8 Å². The maximum absolute atomic E-state index is 10.6. The second-order valence-electron chi connectivity index (χ2n) is 2.27. The zero-order valence-electron chi connectivity index (χ0n) is 5.60. The highest BCUT2D eigenvalue weighted by Gasteiger charge is 2.34. The number of cyclic esters (lactones) is 1. The van der Waals surface area contributed by atoms with Gasteiger partial charge in [-0.15, -0.1) is 11.6 Å². The fourth-order valence-electron chi connectivity index (χ4n) is 0.905. The van der Waals surface area contributed by atoms with Gasteiger partial charge < -0.3 is 4.74 Å². The number of carbonyl (C=O) groups excluding carboxylic acids is 1. The van der Waals surface area contributed by atoms with E-state index in [9.17, 15) is 4.79 Å². The first kappa shape index (κ1) is 7.61. The Kier molecular flexibility index (Phi) is 2.33. The minimum absolute atomic E-state index is 0.0706. The molecule has 1 saturated heterocycles. The van der Waals surface area contributed by atoms with Gasteiger partial charge in [-0.2, -0.15) is 0 Å². The van der Waals surface area contributed by atoms with Crippen molar-refractivity contribution in [2.24, 2.45) is 5.92 Å². The van der Waals surface area contributed by atoms with Gasteiger partial charge in [0.15, 0.2) is 0 Å². The topological polar surface area (TPSA) is 26.3 Å². The van der Waals surface area contributed by atoms with E-state index < -0.39 is 0 Å². The number of alkyl halides is 1. The molecule has 3 heteroatoms. The first-order chi connectivity index (χ1) is 4.75. The van der Waals surface area contributed by atoms with Crippen LogP contribution in [0.1, 0.15) is 12.8 Å². The van der Waals surface area contributed by atoms with Crippen LogP contribution in [-0.4, -0.2) is 11.8 Å². The van der Waals surface area contributed by atoms with E-state index in [-0.39, 0.29) is 11.9 Å². The van der Waals surface area contributed by atoms with Crippen molar-refractivity contribution in [1.82, 2.24) is 0 Å². The molecule has 1 rings (SSSR count). The third kappa shape index (κ3) is 1.32. The Morgan fingerprint density at radius 1 is 1.70 bits per heavy atom. The molecule has 0 amide bonds. The summed E-state index contributed by atoms with van der Waals surface area (Å²) in [6.07, 6.45) is 1.63. The predicted octanol–water partition coefficient (Wildman–Crippen LogP) is 1.69. The van der Waals surface area contributed by atoms with Crippen molar-refractivity contribution in [1.29, 1.82) is 0 Å². The Morgan fingerprint density at radius 3 is 2.80 bits per heavy atom. The van der Waals surface area contributed by atoms with Gasteiger partial charge in [-0.05, 0) is 12.8 Å². The van der Waals surface area contributed by atoms with Gasteiger partial charge in [-0.25, -0.2) is 0 Å². The van der Waals surface area contributed by atoms with Crippen molar-refractivity contribution in [2.45, 2.75) is 12.8 Å². The van der Waals surface area contributed by atoms with Crippen LogP contribution in [0, 0.1) is 5.92 Å². The predicted molar refractivity (Wildman–Crippen MR) is 38.7 cm³/mol. The van der Waals surface area contributed by atoms with Gasteiger partial charge in [0.25, 0.3) is 0 Å². The number of halogens is 1. The number of hydrogen-bond acceptors (Lipinski definition) is 2. The van der Waals surface area contributed by atoms with Gasteiger partial charge in [0.2, 0.25) is 0 Å². The summed E-state index contributed by atoms with van der Waals surface area (Å²) in [7, 11) is 0.